The molecule has 0 spiro atoms. The van der Waals surface area contributed by atoms with Crippen molar-refractivity contribution in [2.45, 2.75) is 0 Å². The van der Waals surface area contributed by atoms with Crippen molar-refractivity contribution in [2.75, 3.05) is 0 Å². The van der Waals surface area contributed by atoms with E-state index >= 15 is 0 Å². The number of nitrogens with two attached hydrogens (primary N) is 1. The van der Waals surface area contributed by atoms with Gasteiger partial charge in [-0.05, 0) is 46.9 Å². The number of hydrogen-bond acceptors (Lipinski definition) is 2. The Hall–Kier alpha value is -0.910. The molecular weight excluding hydrogens is 282 g/mol. The molecule has 68 valence electrons. The molecule has 0 saturated heterocycles. The van der Waals surface area contributed by atoms with Crippen LogP contribution < -0.4 is 5.73 Å². The first-order chi connectivity index (χ1) is 6.27. The van der Waals surface area contributed by atoms with E-state index in [0.717, 1.165) is 5.56 Å². The summed E-state index contributed by atoms with van der Waals surface area (Å²) in [4.78, 5) is 4.02. The predicted molar refractivity (Wildman–Crippen MR) is 61.1 cm³/mol. The highest BCUT2D eigenvalue weighted by Crippen LogP contribution is 2.14. The van der Waals surface area contributed by atoms with Gasteiger partial charge in [0.25, 0.3) is 0 Å². The van der Waals surface area contributed by atoms with E-state index in [0.29, 0.717) is 5.70 Å². The minimum absolute atomic E-state index is 0.265. The lowest BCUT2D eigenvalue weighted by Gasteiger charge is -1.99. The van der Waals surface area contributed by atoms with Crippen LogP contribution in [0, 0.1) is 5.82 Å². The van der Waals surface area contributed by atoms with Crippen molar-refractivity contribution in [1.29, 1.82) is 0 Å². The summed E-state index contributed by atoms with van der Waals surface area (Å²) in [7, 11) is 0. The van der Waals surface area contributed by atoms with Crippen LogP contribution in [0.5, 0.6) is 0 Å². The minimum Gasteiger partial charge on any atom is -0.403 e. The van der Waals surface area contributed by atoms with E-state index < -0.39 is 0 Å². The fraction of sp³-hybridized carbons (Fsp3) is 0. The number of hydrogen-bond donors (Lipinski definition) is 1. The molecule has 1 aromatic rings. The Balaban J connectivity index is 3.00. The van der Waals surface area contributed by atoms with Crippen LogP contribution in [-0.2, 0) is 0 Å². The number of rotatable bonds is 2. The molecule has 13 heavy (non-hydrogen) atoms. The fourth-order valence-corrected chi connectivity index (χ4v) is 1.19. The van der Waals surface area contributed by atoms with Crippen molar-refractivity contribution in [3.05, 3.63) is 41.8 Å². The Morgan fingerprint density at radius 1 is 1.38 bits per heavy atom. The molecule has 0 aliphatic heterocycles. The molecule has 0 saturated carbocycles. The van der Waals surface area contributed by atoms with Gasteiger partial charge >= 0.3 is 0 Å². The maximum Gasteiger partial charge on any atom is 0.123 e. The zero-order chi connectivity index (χ0) is 9.68. The fourth-order valence-electron chi connectivity index (χ4n) is 0.887. The van der Waals surface area contributed by atoms with E-state index in [2.05, 4.69) is 4.99 Å². The average molecular weight is 290 g/mol. The van der Waals surface area contributed by atoms with Crippen molar-refractivity contribution in [3.63, 3.8) is 0 Å². The van der Waals surface area contributed by atoms with Crippen molar-refractivity contribution < 1.29 is 4.39 Å². The van der Waals surface area contributed by atoms with Gasteiger partial charge in [0.2, 0.25) is 0 Å². The van der Waals surface area contributed by atoms with Gasteiger partial charge in [-0.2, -0.15) is 0 Å². The van der Waals surface area contributed by atoms with Crippen LogP contribution in [0.25, 0.3) is 5.70 Å². The molecule has 0 atom stereocenters. The van der Waals surface area contributed by atoms with Crippen LogP contribution in [0.1, 0.15) is 5.56 Å². The molecule has 0 bridgehead atoms. The van der Waals surface area contributed by atoms with Crippen molar-refractivity contribution in [2.24, 2.45) is 10.7 Å². The highest BCUT2D eigenvalue weighted by atomic mass is 127. The lowest BCUT2D eigenvalue weighted by atomic mass is 10.2. The van der Waals surface area contributed by atoms with E-state index in [1.807, 2.05) is 22.6 Å². The highest BCUT2D eigenvalue weighted by Gasteiger charge is 1.97. The van der Waals surface area contributed by atoms with Crippen LogP contribution in [-0.4, -0.2) is 4.22 Å². The summed E-state index contributed by atoms with van der Waals surface area (Å²) in [6, 6.07) is 6.03. The molecule has 0 radical (unpaired) electrons. The summed E-state index contributed by atoms with van der Waals surface area (Å²) in [6.45, 7) is 0. The monoisotopic (exact) mass is 290 g/mol. The van der Waals surface area contributed by atoms with Crippen LogP contribution in [0.4, 0.5) is 4.39 Å². The Morgan fingerprint density at radius 3 is 2.46 bits per heavy atom. The molecule has 2 nitrogen and oxygen atoms in total. The molecule has 0 heterocycles. The average Bonchev–Trinajstić information content (AvgIpc) is 2.16. The standard InChI is InChI=1S/C9H8FIN2/c10-8-3-1-7(2-4-8)9(5-12)13-6-11/h1-6H,12H2/b9-5-,13-6?. The number of nitrogens with zero attached hydrogens (tertiary/aromatic N) is 1. The van der Waals surface area contributed by atoms with Gasteiger partial charge in [-0.15, -0.1) is 0 Å². The summed E-state index contributed by atoms with van der Waals surface area (Å²) in [5, 5.41) is 0. The Labute approximate surface area is 89.5 Å². The lowest BCUT2D eigenvalue weighted by molar-refractivity contribution is 0.627. The van der Waals surface area contributed by atoms with E-state index in [9.17, 15) is 4.39 Å². The topological polar surface area (TPSA) is 38.4 Å². The van der Waals surface area contributed by atoms with Gasteiger partial charge in [0.05, 0.1) is 9.92 Å². The number of halogens is 2. The Kier molecular flexibility index (Phi) is 3.88. The second-order valence-corrected chi connectivity index (χ2v) is 2.84. The van der Waals surface area contributed by atoms with Gasteiger partial charge < -0.3 is 5.73 Å². The van der Waals surface area contributed by atoms with Gasteiger partial charge in [0, 0.05) is 11.8 Å². The van der Waals surface area contributed by atoms with E-state index in [1.54, 1.807) is 16.4 Å². The molecule has 1 aromatic carbocycles. The van der Waals surface area contributed by atoms with Crippen molar-refractivity contribution in [1.82, 2.24) is 0 Å². The third kappa shape index (κ3) is 2.80. The zero-order valence-corrected chi connectivity index (χ0v) is 8.90. The summed E-state index contributed by atoms with van der Waals surface area (Å²) >= 11 is 2.00. The first-order valence-corrected chi connectivity index (χ1v) is 4.83. The van der Waals surface area contributed by atoms with Crippen LogP contribution in [0.3, 0.4) is 0 Å². The molecule has 2 N–H and O–H groups in total. The largest absolute Gasteiger partial charge is 0.403 e. The number of aliphatic imine (C=N–C) groups is 1. The molecule has 0 fully saturated rings. The van der Waals surface area contributed by atoms with Crippen molar-refractivity contribution >= 4 is 32.5 Å². The smallest absolute Gasteiger partial charge is 0.123 e. The minimum atomic E-state index is -0.265. The summed E-state index contributed by atoms with van der Waals surface area (Å²) in [6.07, 6.45) is 1.39. The molecular formula is C9H8FIN2. The third-order valence-electron chi connectivity index (χ3n) is 1.49. The summed E-state index contributed by atoms with van der Waals surface area (Å²) in [5.41, 5.74) is 6.79. The zero-order valence-electron chi connectivity index (χ0n) is 6.74. The van der Waals surface area contributed by atoms with Gasteiger partial charge in [0.1, 0.15) is 5.82 Å². The molecule has 1 rings (SSSR count). The number of benzene rings is 1. The second-order valence-electron chi connectivity index (χ2n) is 2.29. The molecule has 0 unspecified atom stereocenters. The molecule has 0 amide bonds. The van der Waals surface area contributed by atoms with Crippen LogP contribution in [0.2, 0.25) is 0 Å². The maximum atomic E-state index is 12.5. The molecule has 0 aromatic heterocycles. The molecule has 0 aliphatic rings. The summed E-state index contributed by atoms with van der Waals surface area (Å²) in [5.74, 6) is -0.265. The van der Waals surface area contributed by atoms with Crippen LogP contribution >= 0.6 is 22.6 Å². The first-order valence-electron chi connectivity index (χ1n) is 3.58. The Bertz CT molecular complexity index is 330. The van der Waals surface area contributed by atoms with E-state index in [4.69, 9.17) is 5.73 Å². The van der Waals surface area contributed by atoms with Gasteiger partial charge in [-0.25, -0.2) is 9.38 Å². The normalized spacial score (nSPS) is 12.3. The van der Waals surface area contributed by atoms with Gasteiger partial charge in [0.15, 0.2) is 0 Å². The summed E-state index contributed by atoms with van der Waals surface area (Å²) < 4.78 is 14.2. The SMILES string of the molecule is N/C=C(\N=CI)c1ccc(F)cc1. The first kappa shape index (κ1) is 10.2. The Morgan fingerprint density at radius 2 is 2.00 bits per heavy atom. The van der Waals surface area contributed by atoms with E-state index in [-0.39, 0.29) is 5.82 Å². The van der Waals surface area contributed by atoms with Crippen LogP contribution in [0.15, 0.2) is 35.5 Å². The second kappa shape index (κ2) is 4.96. The molecule has 0 aliphatic carbocycles. The lowest BCUT2D eigenvalue weighted by Crippen LogP contribution is -1.87. The predicted octanol–water partition coefficient (Wildman–Crippen LogP) is 2.55. The maximum absolute atomic E-state index is 12.5. The van der Waals surface area contributed by atoms with Gasteiger partial charge in [-0.1, -0.05) is 0 Å². The van der Waals surface area contributed by atoms with E-state index in [1.165, 1.54) is 18.3 Å². The third-order valence-corrected chi connectivity index (χ3v) is 1.76. The van der Waals surface area contributed by atoms with Crippen molar-refractivity contribution in [3.8, 4) is 0 Å². The van der Waals surface area contributed by atoms with Gasteiger partial charge in [-0.3, -0.25) is 0 Å². The molecule has 4 heteroatoms. The quantitative estimate of drug-likeness (QED) is 0.659. The highest BCUT2D eigenvalue weighted by molar-refractivity contribution is 14.1.